The lowest BCUT2D eigenvalue weighted by Crippen LogP contribution is -2.53. The fourth-order valence-corrected chi connectivity index (χ4v) is 3.89. The van der Waals surface area contributed by atoms with Gasteiger partial charge >= 0.3 is 0 Å². The number of fused-ring (bicyclic) bond motifs is 1. The molecule has 2 aliphatic rings. The second-order valence-electron chi connectivity index (χ2n) is 8.08. The van der Waals surface area contributed by atoms with Crippen molar-refractivity contribution in [1.29, 1.82) is 0 Å². The van der Waals surface area contributed by atoms with Crippen molar-refractivity contribution >= 4 is 17.5 Å². The van der Waals surface area contributed by atoms with Gasteiger partial charge in [-0.2, -0.15) is 0 Å². The lowest BCUT2D eigenvalue weighted by Gasteiger charge is -2.37. The molecule has 2 N–H and O–H groups in total. The van der Waals surface area contributed by atoms with E-state index in [9.17, 15) is 19.5 Å². The molecule has 0 aliphatic carbocycles. The lowest BCUT2D eigenvalue weighted by molar-refractivity contribution is -0.137. The molecule has 2 aliphatic heterocycles. The number of amides is 1. The Morgan fingerprint density at radius 2 is 1.97 bits per heavy atom. The number of ether oxygens (including phenoxy) is 1. The molecule has 3 rings (SSSR count). The summed E-state index contributed by atoms with van der Waals surface area (Å²) in [6, 6.07) is -0.529. The van der Waals surface area contributed by atoms with Gasteiger partial charge in [-0.05, 0) is 57.7 Å². The number of phenols is 1. The van der Waals surface area contributed by atoms with E-state index in [1.807, 2.05) is 20.8 Å². The zero-order valence-corrected chi connectivity index (χ0v) is 17.6. The number of nitrogens with zero attached hydrogens (tertiary/aromatic N) is 1. The van der Waals surface area contributed by atoms with Crippen LogP contribution >= 0.6 is 0 Å². The molecule has 156 valence electrons. The quantitative estimate of drug-likeness (QED) is 0.749. The standard InChI is InChI=1S/C22H28N2O5/c1-12-13(2)20-16(14(3)18(12)26)6-8-22(5,29-20)21(28)23-9-11-24-10-7-17(25)19(27)15(24)4/h7,10,15,26H,6,8-9,11H2,1-5H3,(H,23,28). The number of phenolic OH excluding ortho intramolecular Hbond substituents is 1. The summed E-state index contributed by atoms with van der Waals surface area (Å²) in [6.07, 6.45) is 4.00. The third kappa shape index (κ3) is 3.61. The Morgan fingerprint density at radius 3 is 2.66 bits per heavy atom. The maximum Gasteiger partial charge on any atom is 0.263 e. The summed E-state index contributed by atoms with van der Waals surface area (Å²) >= 11 is 0. The smallest absolute Gasteiger partial charge is 0.263 e. The molecule has 0 bridgehead atoms. The molecule has 2 atom stereocenters. The monoisotopic (exact) mass is 400 g/mol. The summed E-state index contributed by atoms with van der Waals surface area (Å²) in [5, 5.41) is 13.2. The molecule has 1 amide bonds. The lowest BCUT2D eigenvalue weighted by atomic mass is 9.86. The van der Waals surface area contributed by atoms with Crippen LogP contribution in [-0.4, -0.2) is 52.2 Å². The molecule has 0 spiro atoms. The Labute approximate surface area is 170 Å². The van der Waals surface area contributed by atoms with Crippen molar-refractivity contribution in [2.75, 3.05) is 13.1 Å². The van der Waals surface area contributed by atoms with Crippen molar-refractivity contribution < 1.29 is 24.2 Å². The molecule has 7 heteroatoms. The van der Waals surface area contributed by atoms with Gasteiger partial charge in [0.2, 0.25) is 11.6 Å². The number of carbonyl (C=O) groups is 3. The minimum Gasteiger partial charge on any atom is -0.507 e. The summed E-state index contributed by atoms with van der Waals surface area (Å²) in [6.45, 7) is 9.79. The summed E-state index contributed by atoms with van der Waals surface area (Å²) in [7, 11) is 0. The molecule has 29 heavy (non-hydrogen) atoms. The van der Waals surface area contributed by atoms with E-state index in [-0.39, 0.29) is 11.7 Å². The minimum atomic E-state index is -1.01. The minimum absolute atomic E-state index is 0.220. The zero-order valence-electron chi connectivity index (χ0n) is 17.6. The topological polar surface area (TPSA) is 95.9 Å². The van der Waals surface area contributed by atoms with Crippen LogP contribution in [0.15, 0.2) is 12.3 Å². The van der Waals surface area contributed by atoms with Gasteiger partial charge in [0.05, 0.1) is 6.04 Å². The molecular weight excluding hydrogens is 372 g/mol. The summed E-state index contributed by atoms with van der Waals surface area (Å²) < 4.78 is 6.17. The van der Waals surface area contributed by atoms with Gasteiger partial charge in [0.15, 0.2) is 5.60 Å². The van der Waals surface area contributed by atoms with Crippen LogP contribution in [0, 0.1) is 20.8 Å². The van der Waals surface area contributed by atoms with Crippen molar-refractivity contribution in [3.8, 4) is 11.5 Å². The first kappa shape index (κ1) is 20.9. The van der Waals surface area contributed by atoms with Gasteiger partial charge < -0.3 is 20.1 Å². The van der Waals surface area contributed by atoms with Crippen LogP contribution in [0.5, 0.6) is 11.5 Å². The number of ketones is 2. The van der Waals surface area contributed by atoms with Gasteiger partial charge in [0.25, 0.3) is 5.91 Å². The largest absolute Gasteiger partial charge is 0.507 e. The van der Waals surface area contributed by atoms with Crippen molar-refractivity contribution in [2.45, 2.75) is 59.1 Å². The van der Waals surface area contributed by atoms with E-state index in [1.165, 1.54) is 6.08 Å². The van der Waals surface area contributed by atoms with Gasteiger partial charge in [-0.15, -0.1) is 0 Å². The van der Waals surface area contributed by atoms with Crippen molar-refractivity contribution in [1.82, 2.24) is 10.2 Å². The van der Waals surface area contributed by atoms with E-state index in [2.05, 4.69) is 5.32 Å². The number of rotatable bonds is 4. The summed E-state index contributed by atoms with van der Waals surface area (Å²) in [4.78, 5) is 37.8. The SMILES string of the molecule is Cc1c(C)c2c(c(C)c1O)CCC(C)(C(=O)NCCN1C=CC(=O)C(=O)C1C)O2. The first-order valence-corrected chi connectivity index (χ1v) is 9.88. The maximum absolute atomic E-state index is 12.9. The molecule has 0 fully saturated rings. The number of carbonyl (C=O) groups excluding carboxylic acids is 3. The van der Waals surface area contributed by atoms with Crippen LogP contribution < -0.4 is 10.1 Å². The Kier molecular flexibility index (Phi) is 5.43. The molecular formula is C22H28N2O5. The number of aromatic hydroxyl groups is 1. The normalized spacial score (nSPS) is 23.6. The van der Waals surface area contributed by atoms with E-state index in [1.54, 1.807) is 24.9 Å². The Hall–Kier alpha value is -2.83. The molecule has 0 radical (unpaired) electrons. The molecule has 2 unspecified atom stereocenters. The van der Waals surface area contributed by atoms with E-state index < -0.39 is 23.2 Å². The van der Waals surface area contributed by atoms with Crippen molar-refractivity contribution in [3.05, 3.63) is 34.5 Å². The fourth-order valence-electron chi connectivity index (χ4n) is 3.89. The van der Waals surface area contributed by atoms with Crippen LogP contribution in [0.2, 0.25) is 0 Å². The molecule has 7 nitrogen and oxygen atoms in total. The third-order valence-electron chi connectivity index (χ3n) is 6.19. The summed E-state index contributed by atoms with van der Waals surface area (Å²) in [5.74, 6) is -0.191. The van der Waals surface area contributed by atoms with Crippen LogP contribution in [0.3, 0.4) is 0 Å². The van der Waals surface area contributed by atoms with E-state index >= 15 is 0 Å². The number of benzene rings is 1. The molecule has 0 aromatic heterocycles. The van der Waals surface area contributed by atoms with E-state index in [0.717, 1.165) is 22.3 Å². The second-order valence-corrected chi connectivity index (χ2v) is 8.08. The molecule has 2 heterocycles. The zero-order chi connectivity index (χ0) is 21.5. The Balaban J connectivity index is 1.67. The van der Waals surface area contributed by atoms with Crippen LogP contribution in [0.1, 0.15) is 42.5 Å². The first-order chi connectivity index (χ1) is 13.6. The Bertz CT molecular complexity index is 921. The van der Waals surface area contributed by atoms with Gasteiger partial charge in [-0.1, -0.05) is 0 Å². The Morgan fingerprint density at radius 1 is 1.28 bits per heavy atom. The first-order valence-electron chi connectivity index (χ1n) is 9.88. The number of allylic oxidation sites excluding steroid dienone is 1. The van der Waals surface area contributed by atoms with E-state index in [0.29, 0.717) is 31.7 Å². The predicted octanol–water partition coefficient (Wildman–Crippen LogP) is 1.87. The number of nitrogens with one attached hydrogen (secondary N) is 1. The van der Waals surface area contributed by atoms with Crippen molar-refractivity contribution in [3.63, 3.8) is 0 Å². The predicted molar refractivity (Wildman–Crippen MR) is 108 cm³/mol. The van der Waals surface area contributed by atoms with Gasteiger partial charge in [0, 0.05) is 37.3 Å². The van der Waals surface area contributed by atoms with Gasteiger partial charge in [0.1, 0.15) is 11.5 Å². The molecule has 1 aromatic carbocycles. The van der Waals surface area contributed by atoms with Crippen LogP contribution in [-0.2, 0) is 20.8 Å². The fraction of sp³-hybridized carbons (Fsp3) is 0.500. The third-order valence-corrected chi connectivity index (χ3v) is 6.19. The highest BCUT2D eigenvalue weighted by Gasteiger charge is 2.40. The number of hydrogen-bond acceptors (Lipinski definition) is 6. The van der Waals surface area contributed by atoms with Gasteiger partial charge in [-0.3, -0.25) is 14.4 Å². The second kappa shape index (κ2) is 7.54. The average molecular weight is 400 g/mol. The molecule has 0 saturated heterocycles. The molecule has 0 saturated carbocycles. The van der Waals surface area contributed by atoms with Crippen LogP contribution in [0.25, 0.3) is 0 Å². The number of hydrogen-bond donors (Lipinski definition) is 2. The molecule has 1 aromatic rings. The number of Topliss-reactive ketones (excluding diaryl/α,β-unsaturated/α-hetero) is 1. The van der Waals surface area contributed by atoms with Gasteiger partial charge in [-0.25, -0.2) is 0 Å². The van der Waals surface area contributed by atoms with Crippen LogP contribution in [0.4, 0.5) is 0 Å². The van der Waals surface area contributed by atoms with Crippen molar-refractivity contribution in [2.24, 2.45) is 0 Å². The maximum atomic E-state index is 12.9. The van der Waals surface area contributed by atoms with E-state index in [4.69, 9.17) is 4.74 Å². The highest BCUT2D eigenvalue weighted by Crippen LogP contribution is 2.43. The highest BCUT2D eigenvalue weighted by molar-refractivity contribution is 6.43. The average Bonchev–Trinajstić information content (AvgIpc) is 2.70. The summed E-state index contributed by atoms with van der Waals surface area (Å²) in [5.41, 5.74) is 2.35. The highest BCUT2D eigenvalue weighted by atomic mass is 16.5.